The van der Waals surface area contributed by atoms with E-state index >= 15 is 0 Å². The van der Waals surface area contributed by atoms with Gasteiger partial charge in [0, 0.05) is 25.5 Å². The molecule has 0 radical (unpaired) electrons. The Morgan fingerprint density at radius 1 is 1.44 bits per heavy atom. The number of hydrogen-bond donors (Lipinski definition) is 1. The summed E-state index contributed by atoms with van der Waals surface area (Å²) in [5.74, 6) is 0.953. The van der Waals surface area contributed by atoms with Gasteiger partial charge in [-0.1, -0.05) is 13.3 Å². The molecule has 0 atom stereocenters. The van der Waals surface area contributed by atoms with Gasteiger partial charge < -0.3 is 10.2 Å². The molecule has 0 fully saturated rings. The molecule has 0 spiro atoms. The summed E-state index contributed by atoms with van der Waals surface area (Å²) in [6, 6.07) is 0. The second kappa shape index (κ2) is 7.36. The highest BCUT2D eigenvalue weighted by Crippen LogP contribution is 2.16. The Morgan fingerprint density at radius 3 is 2.67 bits per heavy atom. The minimum absolute atomic E-state index is 0.806. The van der Waals surface area contributed by atoms with Crippen LogP contribution in [0.15, 0.2) is 4.99 Å². The zero-order chi connectivity index (χ0) is 13.5. The number of aromatic nitrogens is 1. The van der Waals surface area contributed by atoms with Gasteiger partial charge in [0.2, 0.25) is 0 Å². The zero-order valence-electron chi connectivity index (χ0n) is 12.1. The minimum Gasteiger partial charge on any atom is -0.351 e. The first kappa shape index (κ1) is 15.0. The quantitative estimate of drug-likeness (QED) is 0.659. The van der Waals surface area contributed by atoms with Crippen molar-refractivity contribution in [1.29, 1.82) is 0 Å². The number of hydrogen-bond acceptors (Lipinski definition) is 3. The van der Waals surface area contributed by atoms with E-state index in [2.05, 4.69) is 41.1 Å². The third-order valence-electron chi connectivity index (χ3n) is 2.83. The molecule has 1 aromatic heterocycles. The van der Waals surface area contributed by atoms with E-state index in [-0.39, 0.29) is 0 Å². The van der Waals surface area contributed by atoms with Gasteiger partial charge in [0.05, 0.1) is 17.2 Å². The molecule has 1 rings (SSSR count). The Bertz CT molecular complexity index is 398. The van der Waals surface area contributed by atoms with Crippen molar-refractivity contribution in [3.05, 3.63) is 15.6 Å². The molecule has 0 aliphatic heterocycles. The van der Waals surface area contributed by atoms with E-state index in [0.29, 0.717) is 0 Å². The molecule has 0 saturated heterocycles. The molecular formula is C13H24N4S. The number of aliphatic imine (C=N–C) groups is 1. The van der Waals surface area contributed by atoms with Gasteiger partial charge >= 0.3 is 0 Å². The minimum atomic E-state index is 0.806. The highest BCUT2D eigenvalue weighted by molar-refractivity contribution is 7.11. The number of thiazole rings is 1. The molecule has 0 unspecified atom stereocenters. The number of unbranched alkanes of at least 4 members (excludes halogenated alkanes) is 1. The van der Waals surface area contributed by atoms with Crippen molar-refractivity contribution < 1.29 is 0 Å². The predicted molar refractivity (Wildman–Crippen MR) is 79.3 cm³/mol. The van der Waals surface area contributed by atoms with E-state index in [1.165, 1.54) is 17.7 Å². The fraction of sp³-hybridized carbons (Fsp3) is 0.692. The van der Waals surface area contributed by atoms with Gasteiger partial charge in [-0.3, -0.25) is 4.99 Å². The van der Waals surface area contributed by atoms with Crippen LogP contribution in [0.1, 0.15) is 35.3 Å². The molecule has 0 saturated carbocycles. The summed E-state index contributed by atoms with van der Waals surface area (Å²) < 4.78 is 0. The number of aryl methyl sites for hydroxylation is 2. The molecule has 0 aliphatic rings. The van der Waals surface area contributed by atoms with Gasteiger partial charge in [-0.25, -0.2) is 4.98 Å². The fourth-order valence-electron chi connectivity index (χ4n) is 1.78. The summed E-state index contributed by atoms with van der Waals surface area (Å²) in [4.78, 5) is 12.2. The molecule has 5 heteroatoms. The third-order valence-corrected chi connectivity index (χ3v) is 3.90. The maximum atomic E-state index is 4.43. The maximum absolute atomic E-state index is 4.43. The lowest BCUT2D eigenvalue weighted by molar-refractivity contribution is 0.465. The van der Waals surface area contributed by atoms with Crippen molar-refractivity contribution in [1.82, 2.24) is 15.2 Å². The summed E-state index contributed by atoms with van der Waals surface area (Å²) in [6.07, 6.45) is 2.39. The van der Waals surface area contributed by atoms with Gasteiger partial charge in [0.25, 0.3) is 0 Å². The smallest absolute Gasteiger partial charge is 0.193 e. The van der Waals surface area contributed by atoms with Gasteiger partial charge in [0.15, 0.2) is 5.96 Å². The average Bonchev–Trinajstić information content (AvgIpc) is 2.66. The Kier molecular flexibility index (Phi) is 6.12. The van der Waals surface area contributed by atoms with Crippen LogP contribution < -0.4 is 5.32 Å². The standard InChI is InChI=1S/C13H24N4S/c1-6-7-8-17(5)13(14-4)15-9-12-10(2)16-11(3)18-12/h6-9H2,1-5H3,(H,14,15). The summed E-state index contributed by atoms with van der Waals surface area (Å²) in [5.41, 5.74) is 1.12. The first-order valence-corrected chi connectivity index (χ1v) is 7.24. The number of nitrogens with one attached hydrogen (secondary N) is 1. The molecule has 0 amide bonds. The van der Waals surface area contributed by atoms with Crippen molar-refractivity contribution in [3.8, 4) is 0 Å². The first-order valence-electron chi connectivity index (χ1n) is 6.43. The molecule has 1 heterocycles. The third kappa shape index (κ3) is 4.29. The van der Waals surface area contributed by atoms with Crippen LogP contribution in [-0.4, -0.2) is 36.5 Å². The molecule has 0 aromatic carbocycles. The lowest BCUT2D eigenvalue weighted by Gasteiger charge is -2.21. The lowest BCUT2D eigenvalue weighted by Crippen LogP contribution is -2.38. The summed E-state index contributed by atoms with van der Waals surface area (Å²) >= 11 is 1.75. The fourth-order valence-corrected chi connectivity index (χ4v) is 2.66. The number of nitrogens with zero attached hydrogens (tertiary/aromatic N) is 3. The van der Waals surface area contributed by atoms with Gasteiger partial charge in [-0.2, -0.15) is 0 Å². The van der Waals surface area contributed by atoms with Crippen LogP contribution in [0.2, 0.25) is 0 Å². The van der Waals surface area contributed by atoms with Crippen LogP contribution in [0.4, 0.5) is 0 Å². The normalized spacial score (nSPS) is 11.7. The molecule has 1 N–H and O–H groups in total. The van der Waals surface area contributed by atoms with Crippen molar-refractivity contribution in [2.45, 2.75) is 40.2 Å². The molecule has 102 valence electrons. The van der Waals surface area contributed by atoms with Crippen LogP contribution in [0.3, 0.4) is 0 Å². The van der Waals surface area contributed by atoms with Crippen LogP contribution in [0.25, 0.3) is 0 Å². The summed E-state index contributed by atoms with van der Waals surface area (Å²) in [5, 5.41) is 4.52. The second-order valence-electron chi connectivity index (χ2n) is 4.42. The van der Waals surface area contributed by atoms with E-state index < -0.39 is 0 Å². The second-order valence-corrected chi connectivity index (χ2v) is 5.71. The monoisotopic (exact) mass is 268 g/mol. The predicted octanol–water partition coefficient (Wildman–Crippen LogP) is 2.57. The van der Waals surface area contributed by atoms with Crippen molar-refractivity contribution >= 4 is 17.3 Å². The van der Waals surface area contributed by atoms with E-state index in [1.807, 2.05) is 14.0 Å². The van der Waals surface area contributed by atoms with Crippen LogP contribution >= 0.6 is 11.3 Å². The maximum Gasteiger partial charge on any atom is 0.193 e. The molecular weight excluding hydrogens is 244 g/mol. The largest absolute Gasteiger partial charge is 0.351 e. The highest BCUT2D eigenvalue weighted by atomic mass is 32.1. The van der Waals surface area contributed by atoms with Crippen molar-refractivity contribution in [2.24, 2.45) is 4.99 Å². The number of guanidine groups is 1. The summed E-state index contributed by atoms with van der Waals surface area (Å²) in [7, 11) is 3.91. The van der Waals surface area contributed by atoms with E-state index in [4.69, 9.17) is 0 Å². The average molecular weight is 268 g/mol. The molecule has 18 heavy (non-hydrogen) atoms. The van der Waals surface area contributed by atoms with E-state index in [9.17, 15) is 0 Å². The van der Waals surface area contributed by atoms with Crippen LogP contribution in [-0.2, 0) is 6.54 Å². The zero-order valence-corrected chi connectivity index (χ0v) is 12.9. The molecule has 4 nitrogen and oxygen atoms in total. The molecule has 0 aliphatic carbocycles. The highest BCUT2D eigenvalue weighted by Gasteiger charge is 2.08. The van der Waals surface area contributed by atoms with Crippen molar-refractivity contribution in [2.75, 3.05) is 20.6 Å². The van der Waals surface area contributed by atoms with Crippen molar-refractivity contribution in [3.63, 3.8) is 0 Å². The van der Waals surface area contributed by atoms with Gasteiger partial charge in [-0.15, -0.1) is 11.3 Å². The topological polar surface area (TPSA) is 40.5 Å². The molecule has 1 aromatic rings. The Balaban J connectivity index is 2.52. The Hall–Kier alpha value is -1.10. The van der Waals surface area contributed by atoms with Gasteiger partial charge in [0.1, 0.15) is 0 Å². The Morgan fingerprint density at radius 2 is 2.17 bits per heavy atom. The lowest BCUT2D eigenvalue weighted by atomic mass is 10.3. The Labute approximate surface area is 114 Å². The van der Waals surface area contributed by atoms with E-state index in [1.54, 1.807) is 11.3 Å². The first-order chi connectivity index (χ1) is 8.58. The molecule has 0 bridgehead atoms. The summed E-state index contributed by atoms with van der Waals surface area (Å²) in [6.45, 7) is 8.15. The number of rotatable bonds is 5. The SMILES string of the molecule is CCCCN(C)C(=NC)NCc1sc(C)nc1C. The van der Waals surface area contributed by atoms with Crippen LogP contribution in [0, 0.1) is 13.8 Å². The van der Waals surface area contributed by atoms with E-state index in [0.717, 1.165) is 29.8 Å². The van der Waals surface area contributed by atoms with Gasteiger partial charge in [-0.05, 0) is 20.3 Å². The van der Waals surface area contributed by atoms with Crippen LogP contribution in [0.5, 0.6) is 0 Å².